The number of piperidine rings is 1. The molecule has 1 saturated carbocycles. The van der Waals surface area contributed by atoms with E-state index in [1.165, 1.54) is 12.8 Å². The van der Waals surface area contributed by atoms with Crippen molar-refractivity contribution in [3.63, 3.8) is 0 Å². The lowest BCUT2D eigenvalue weighted by Gasteiger charge is -2.32. The molecule has 0 radical (unpaired) electrons. The second kappa shape index (κ2) is 7.07. The van der Waals surface area contributed by atoms with E-state index in [4.69, 9.17) is 0 Å². The topological polar surface area (TPSA) is 87.2 Å². The summed E-state index contributed by atoms with van der Waals surface area (Å²) >= 11 is 0. The number of hydrogen-bond donors (Lipinski definition) is 2. The molecule has 1 aromatic carbocycles. The molecule has 4 rings (SSSR count). The molecular formula is C19H24N4O3. The highest BCUT2D eigenvalue weighted by Crippen LogP contribution is 2.28. The monoisotopic (exact) mass is 356 g/mol. The molecule has 138 valence electrons. The van der Waals surface area contributed by atoms with Crippen LogP contribution in [0.15, 0.2) is 33.9 Å². The lowest BCUT2D eigenvalue weighted by Crippen LogP contribution is -2.48. The number of fused-ring (bicyclic) bond motifs is 1. The van der Waals surface area contributed by atoms with Gasteiger partial charge in [0.05, 0.1) is 10.9 Å². The Morgan fingerprint density at radius 1 is 1.12 bits per heavy atom. The Morgan fingerprint density at radius 3 is 2.58 bits per heavy atom. The third-order valence-electron chi connectivity index (χ3n) is 5.42. The van der Waals surface area contributed by atoms with Gasteiger partial charge >= 0.3 is 5.69 Å². The molecule has 0 atom stereocenters. The number of rotatable bonds is 5. The van der Waals surface area contributed by atoms with Crippen LogP contribution in [0.2, 0.25) is 0 Å². The Morgan fingerprint density at radius 2 is 1.85 bits per heavy atom. The number of hydrogen-bond acceptors (Lipinski definition) is 4. The number of amides is 1. The van der Waals surface area contributed by atoms with Crippen LogP contribution >= 0.6 is 0 Å². The first-order chi connectivity index (χ1) is 12.6. The van der Waals surface area contributed by atoms with E-state index in [9.17, 15) is 14.4 Å². The van der Waals surface area contributed by atoms with Crippen molar-refractivity contribution in [2.24, 2.45) is 5.92 Å². The molecule has 1 aromatic heterocycles. The molecule has 2 aliphatic rings. The number of H-pyrrole nitrogens is 1. The Kier molecular flexibility index (Phi) is 4.63. The summed E-state index contributed by atoms with van der Waals surface area (Å²) in [5, 5.41) is 4.00. The minimum absolute atomic E-state index is 0.173. The van der Waals surface area contributed by atoms with Crippen LogP contribution in [0.4, 0.5) is 0 Å². The molecule has 2 N–H and O–H groups in total. The van der Waals surface area contributed by atoms with E-state index in [2.05, 4.69) is 10.3 Å². The number of aromatic amines is 1. The minimum Gasteiger partial charge on any atom is -0.341 e. The highest BCUT2D eigenvalue weighted by atomic mass is 16.2. The summed E-state index contributed by atoms with van der Waals surface area (Å²) in [6.45, 7) is 2.21. The zero-order valence-electron chi connectivity index (χ0n) is 14.7. The molecule has 2 fully saturated rings. The quantitative estimate of drug-likeness (QED) is 0.825. The van der Waals surface area contributed by atoms with Crippen LogP contribution < -0.4 is 16.6 Å². The molecule has 0 bridgehead atoms. The van der Waals surface area contributed by atoms with Gasteiger partial charge in [-0.2, -0.15) is 0 Å². The zero-order chi connectivity index (χ0) is 18.1. The second-order valence-electron chi connectivity index (χ2n) is 7.37. The van der Waals surface area contributed by atoms with Crippen molar-refractivity contribution in [2.45, 2.75) is 38.3 Å². The number of carbonyl (C=O) groups is 1. The lowest BCUT2D eigenvalue weighted by molar-refractivity contribution is -0.133. The smallest absolute Gasteiger partial charge is 0.329 e. The van der Waals surface area contributed by atoms with Crippen LogP contribution in [-0.2, 0) is 11.3 Å². The maximum Gasteiger partial charge on any atom is 0.329 e. The zero-order valence-corrected chi connectivity index (χ0v) is 14.7. The van der Waals surface area contributed by atoms with Crippen LogP contribution in [-0.4, -0.2) is 46.0 Å². The van der Waals surface area contributed by atoms with Crippen LogP contribution in [0.3, 0.4) is 0 Å². The van der Waals surface area contributed by atoms with Gasteiger partial charge in [-0.1, -0.05) is 12.1 Å². The maximum absolute atomic E-state index is 12.6. The van der Waals surface area contributed by atoms with Crippen LogP contribution in [0.25, 0.3) is 10.9 Å². The van der Waals surface area contributed by atoms with Crippen molar-refractivity contribution in [1.29, 1.82) is 0 Å². The summed E-state index contributed by atoms with van der Waals surface area (Å²) in [6.07, 6.45) is 4.50. The molecule has 1 amide bonds. The lowest BCUT2D eigenvalue weighted by atomic mass is 10.0. The van der Waals surface area contributed by atoms with Crippen LogP contribution in [0.5, 0.6) is 0 Å². The van der Waals surface area contributed by atoms with Crippen molar-refractivity contribution in [2.75, 3.05) is 19.6 Å². The van der Waals surface area contributed by atoms with Gasteiger partial charge in [0.1, 0.15) is 6.54 Å². The van der Waals surface area contributed by atoms with Crippen molar-refractivity contribution in [1.82, 2.24) is 19.8 Å². The molecule has 1 aliphatic carbocycles. The molecule has 1 aliphatic heterocycles. The Hall–Kier alpha value is -2.41. The van der Waals surface area contributed by atoms with Gasteiger partial charge in [-0.3, -0.25) is 14.2 Å². The van der Waals surface area contributed by atoms with E-state index >= 15 is 0 Å². The molecule has 2 heterocycles. The average Bonchev–Trinajstić information content (AvgIpc) is 3.48. The maximum atomic E-state index is 12.6. The van der Waals surface area contributed by atoms with Crippen molar-refractivity contribution in [3.05, 3.63) is 45.1 Å². The average molecular weight is 356 g/mol. The fourth-order valence-corrected chi connectivity index (χ4v) is 3.57. The summed E-state index contributed by atoms with van der Waals surface area (Å²) in [6, 6.07) is 7.31. The van der Waals surface area contributed by atoms with Crippen molar-refractivity contribution >= 4 is 16.8 Å². The van der Waals surface area contributed by atoms with E-state index < -0.39 is 11.2 Å². The SMILES string of the molecule is O=C(Cn1c(=O)[nH]c2ccccc2c1=O)N1CCC(NCC2CC2)CC1. The molecule has 0 spiro atoms. The number of nitrogens with zero attached hydrogens (tertiary/aromatic N) is 2. The summed E-state index contributed by atoms with van der Waals surface area (Å²) in [5.41, 5.74) is -0.463. The summed E-state index contributed by atoms with van der Waals surface area (Å²) in [5.74, 6) is 0.676. The number of benzene rings is 1. The van der Waals surface area contributed by atoms with Gasteiger partial charge in [-0.15, -0.1) is 0 Å². The fourth-order valence-electron chi connectivity index (χ4n) is 3.57. The highest BCUT2D eigenvalue weighted by molar-refractivity contribution is 5.79. The predicted octanol–water partition coefficient (Wildman–Crippen LogP) is 0.680. The number of aromatic nitrogens is 2. The third-order valence-corrected chi connectivity index (χ3v) is 5.42. The van der Waals surface area contributed by atoms with E-state index in [0.29, 0.717) is 30.0 Å². The normalized spacial score (nSPS) is 18.4. The molecule has 0 unspecified atom stereocenters. The first kappa shape index (κ1) is 17.0. The standard InChI is InChI=1S/C19H24N4O3/c24-17(22-9-7-14(8-10-22)20-11-13-5-6-13)12-23-18(25)15-3-1-2-4-16(15)21-19(23)26/h1-4,13-14,20H,5-12H2,(H,21,26). The van der Waals surface area contributed by atoms with E-state index in [-0.39, 0.29) is 12.5 Å². The molecule has 7 nitrogen and oxygen atoms in total. The molecule has 26 heavy (non-hydrogen) atoms. The van der Waals surface area contributed by atoms with Gasteiger partial charge < -0.3 is 15.2 Å². The Balaban J connectivity index is 1.41. The first-order valence-electron chi connectivity index (χ1n) is 9.35. The van der Waals surface area contributed by atoms with Crippen molar-refractivity contribution < 1.29 is 4.79 Å². The van der Waals surface area contributed by atoms with Crippen molar-refractivity contribution in [3.8, 4) is 0 Å². The largest absolute Gasteiger partial charge is 0.341 e. The van der Waals surface area contributed by atoms with E-state index in [0.717, 1.165) is 29.9 Å². The third kappa shape index (κ3) is 3.58. The van der Waals surface area contributed by atoms with Gasteiger partial charge in [0.15, 0.2) is 0 Å². The van der Waals surface area contributed by atoms with Gasteiger partial charge in [0.2, 0.25) is 5.91 Å². The van der Waals surface area contributed by atoms with Gasteiger partial charge in [-0.25, -0.2) is 4.79 Å². The van der Waals surface area contributed by atoms with Crippen LogP contribution in [0, 0.1) is 5.92 Å². The number of para-hydroxylation sites is 1. The van der Waals surface area contributed by atoms with Gasteiger partial charge in [-0.05, 0) is 50.3 Å². The highest BCUT2D eigenvalue weighted by Gasteiger charge is 2.26. The summed E-state index contributed by atoms with van der Waals surface area (Å²) in [7, 11) is 0. The molecule has 2 aromatic rings. The number of likely N-dealkylation sites (tertiary alicyclic amines) is 1. The molecule has 1 saturated heterocycles. The van der Waals surface area contributed by atoms with Crippen LogP contribution in [0.1, 0.15) is 25.7 Å². The Bertz CT molecular complexity index is 920. The predicted molar refractivity (Wildman–Crippen MR) is 99.2 cm³/mol. The van der Waals surface area contributed by atoms with E-state index in [1.807, 2.05) is 0 Å². The second-order valence-corrected chi connectivity index (χ2v) is 7.37. The Labute approximate surface area is 151 Å². The first-order valence-corrected chi connectivity index (χ1v) is 9.35. The summed E-state index contributed by atoms with van der Waals surface area (Å²) in [4.78, 5) is 41.8. The molecule has 7 heteroatoms. The number of carbonyl (C=O) groups excluding carboxylic acids is 1. The van der Waals surface area contributed by atoms with Gasteiger partial charge in [0.25, 0.3) is 5.56 Å². The fraction of sp³-hybridized carbons (Fsp3) is 0.526. The van der Waals surface area contributed by atoms with E-state index in [1.54, 1.807) is 29.2 Å². The number of nitrogens with one attached hydrogen (secondary N) is 2. The molecular weight excluding hydrogens is 332 g/mol. The summed E-state index contributed by atoms with van der Waals surface area (Å²) < 4.78 is 1.00. The minimum atomic E-state index is -0.539. The van der Waals surface area contributed by atoms with Gasteiger partial charge in [0, 0.05) is 19.1 Å².